The van der Waals surface area contributed by atoms with E-state index >= 15 is 0 Å². The van der Waals surface area contributed by atoms with Crippen molar-refractivity contribution in [1.29, 1.82) is 0 Å². The quantitative estimate of drug-likeness (QED) is 0.826. The lowest BCUT2D eigenvalue weighted by Gasteiger charge is -2.39. The predicted molar refractivity (Wildman–Crippen MR) is 113 cm³/mol. The molecule has 1 aromatic carbocycles. The molecule has 1 aromatic heterocycles. The fourth-order valence-corrected chi connectivity index (χ4v) is 5.19. The second-order valence-corrected chi connectivity index (χ2v) is 8.35. The molecule has 2 aliphatic rings. The van der Waals surface area contributed by atoms with E-state index in [1.54, 1.807) is 4.57 Å². The summed E-state index contributed by atoms with van der Waals surface area (Å²) in [7, 11) is 0. The third-order valence-corrected chi connectivity index (χ3v) is 6.72. The standard InChI is InChI=1S/C22H32N4O2/c23-16-25-19-10-6-7-11-20(19)26(22(28)21(25)27)18-12-14-24(15-13-18)17-8-4-2-1-3-5-9-17/h6-7,10-11,17-18H,1-5,8-9,12-16,23H2. The van der Waals surface area contributed by atoms with Crippen molar-refractivity contribution in [3.8, 4) is 0 Å². The highest BCUT2D eigenvalue weighted by Gasteiger charge is 2.28. The van der Waals surface area contributed by atoms with E-state index in [-0.39, 0.29) is 12.7 Å². The molecule has 1 saturated heterocycles. The van der Waals surface area contributed by atoms with Crippen LogP contribution in [0.2, 0.25) is 0 Å². The Hall–Kier alpha value is -1.92. The zero-order valence-electron chi connectivity index (χ0n) is 16.7. The number of likely N-dealkylation sites (tertiary alicyclic amines) is 1. The van der Waals surface area contributed by atoms with Crippen molar-refractivity contribution >= 4 is 11.0 Å². The second kappa shape index (κ2) is 8.62. The van der Waals surface area contributed by atoms with Crippen LogP contribution in [0.3, 0.4) is 0 Å². The Kier molecular flexibility index (Phi) is 5.97. The summed E-state index contributed by atoms with van der Waals surface area (Å²) in [6, 6.07) is 8.40. The summed E-state index contributed by atoms with van der Waals surface area (Å²) in [5.74, 6) is 0. The van der Waals surface area contributed by atoms with E-state index < -0.39 is 11.1 Å². The van der Waals surface area contributed by atoms with Crippen molar-refractivity contribution in [3.05, 3.63) is 45.0 Å². The first-order valence-electron chi connectivity index (χ1n) is 10.9. The van der Waals surface area contributed by atoms with Crippen LogP contribution in [0.5, 0.6) is 0 Å². The number of benzene rings is 1. The number of nitrogens with zero attached hydrogens (tertiary/aromatic N) is 3. The highest BCUT2D eigenvalue weighted by Crippen LogP contribution is 2.29. The van der Waals surface area contributed by atoms with Crippen molar-refractivity contribution in [2.45, 2.75) is 76.5 Å². The van der Waals surface area contributed by atoms with E-state index in [9.17, 15) is 9.59 Å². The van der Waals surface area contributed by atoms with Gasteiger partial charge in [-0.05, 0) is 37.8 Å². The Morgan fingerprint density at radius 1 is 0.786 bits per heavy atom. The van der Waals surface area contributed by atoms with Gasteiger partial charge in [-0.25, -0.2) is 0 Å². The number of fused-ring (bicyclic) bond motifs is 1. The molecule has 6 nitrogen and oxygen atoms in total. The van der Waals surface area contributed by atoms with Crippen LogP contribution >= 0.6 is 0 Å². The molecule has 6 heteroatoms. The molecule has 4 rings (SSSR count). The SMILES string of the molecule is NCn1c(=O)c(=O)n(C2CCN(C3CCCCCCC3)CC2)c2ccccc21. The first kappa shape index (κ1) is 19.4. The smallest absolute Gasteiger partial charge is 0.313 e. The molecule has 0 amide bonds. The minimum Gasteiger partial charge on any atom is -0.313 e. The van der Waals surface area contributed by atoms with Crippen LogP contribution in [0.4, 0.5) is 0 Å². The molecule has 1 aliphatic carbocycles. The maximum absolute atomic E-state index is 12.9. The minimum absolute atomic E-state index is 0.0234. The molecule has 1 saturated carbocycles. The first-order chi connectivity index (χ1) is 13.7. The van der Waals surface area contributed by atoms with E-state index in [0.29, 0.717) is 6.04 Å². The van der Waals surface area contributed by atoms with Crippen molar-refractivity contribution in [3.63, 3.8) is 0 Å². The van der Waals surface area contributed by atoms with Gasteiger partial charge in [0.2, 0.25) is 0 Å². The van der Waals surface area contributed by atoms with Gasteiger partial charge in [-0.3, -0.25) is 18.7 Å². The average Bonchev–Trinajstić information content (AvgIpc) is 2.69. The summed E-state index contributed by atoms with van der Waals surface area (Å²) in [4.78, 5) is 28.1. The summed E-state index contributed by atoms with van der Waals surface area (Å²) in [6.45, 7) is 2.04. The third kappa shape index (κ3) is 3.67. The highest BCUT2D eigenvalue weighted by atomic mass is 16.2. The van der Waals surface area contributed by atoms with Gasteiger partial charge in [0.15, 0.2) is 0 Å². The van der Waals surface area contributed by atoms with Crippen LogP contribution in [-0.4, -0.2) is 33.2 Å². The van der Waals surface area contributed by atoms with E-state index in [0.717, 1.165) is 37.0 Å². The molecule has 0 bridgehead atoms. The van der Waals surface area contributed by atoms with E-state index in [1.165, 1.54) is 49.5 Å². The Morgan fingerprint density at radius 2 is 1.39 bits per heavy atom. The first-order valence-corrected chi connectivity index (χ1v) is 10.9. The maximum Gasteiger partial charge on any atom is 0.318 e. The molecule has 0 radical (unpaired) electrons. The highest BCUT2D eigenvalue weighted by molar-refractivity contribution is 5.75. The van der Waals surface area contributed by atoms with Crippen LogP contribution < -0.4 is 16.9 Å². The third-order valence-electron chi connectivity index (χ3n) is 6.72. The lowest BCUT2D eigenvalue weighted by atomic mass is 9.93. The largest absolute Gasteiger partial charge is 0.318 e. The van der Waals surface area contributed by atoms with Gasteiger partial charge < -0.3 is 10.6 Å². The van der Waals surface area contributed by atoms with E-state index in [2.05, 4.69) is 4.90 Å². The Morgan fingerprint density at radius 3 is 2.04 bits per heavy atom. The molecule has 2 N–H and O–H groups in total. The molecular formula is C22H32N4O2. The Labute approximate surface area is 165 Å². The van der Waals surface area contributed by atoms with Gasteiger partial charge in [-0.15, -0.1) is 0 Å². The van der Waals surface area contributed by atoms with E-state index in [1.807, 2.05) is 24.3 Å². The van der Waals surface area contributed by atoms with Crippen molar-refractivity contribution in [2.24, 2.45) is 5.73 Å². The molecule has 28 heavy (non-hydrogen) atoms. The van der Waals surface area contributed by atoms with Gasteiger partial charge in [0.1, 0.15) is 0 Å². The van der Waals surface area contributed by atoms with E-state index in [4.69, 9.17) is 5.73 Å². The van der Waals surface area contributed by atoms with Gasteiger partial charge in [0.05, 0.1) is 17.7 Å². The van der Waals surface area contributed by atoms with Crippen LogP contribution in [0.15, 0.2) is 33.9 Å². The zero-order chi connectivity index (χ0) is 19.5. The summed E-state index contributed by atoms with van der Waals surface area (Å²) < 4.78 is 3.14. The molecule has 0 atom stereocenters. The number of rotatable bonds is 3. The summed E-state index contributed by atoms with van der Waals surface area (Å²) >= 11 is 0. The fourth-order valence-electron chi connectivity index (χ4n) is 5.19. The normalized spacial score (nSPS) is 20.9. The maximum atomic E-state index is 12.9. The number of piperidine rings is 1. The van der Waals surface area contributed by atoms with Gasteiger partial charge >= 0.3 is 11.1 Å². The molecule has 152 valence electrons. The molecule has 0 spiro atoms. The lowest BCUT2D eigenvalue weighted by Crippen LogP contribution is -2.47. The van der Waals surface area contributed by atoms with Crippen LogP contribution in [-0.2, 0) is 6.67 Å². The molecule has 0 unspecified atom stereocenters. The topological polar surface area (TPSA) is 73.3 Å². The number of para-hydroxylation sites is 2. The molecule has 1 aliphatic heterocycles. The van der Waals surface area contributed by atoms with Crippen molar-refractivity contribution < 1.29 is 0 Å². The van der Waals surface area contributed by atoms with Gasteiger partial charge in [0, 0.05) is 25.2 Å². The van der Waals surface area contributed by atoms with Crippen LogP contribution in [0, 0.1) is 0 Å². The fraction of sp³-hybridized carbons (Fsp3) is 0.636. The van der Waals surface area contributed by atoms with Gasteiger partial charge in [0.25, 0.3) is 0 Å². The van der Waals surface area contributed by atoms with Crippen LogP contribution in [0.1, 0.15) is 63.8 Å². The zero-order valence-corrected chi connectivity index (χ0v) is 16.7. The Bertz CT molecular complexity index is 916. The Balaban J connectivity index is 1.58. The molecule has 2 aromatic rings. The van der Waals surface area contributed by atoms with Crippen molar-refractivity contribution in [2.75, 3.05) is 13.1 Å². The number of aromatic nitrogens is 2. The summed E-state index contributed by atoms with van der Waals surface area (Å²) in [6.07, 6.45) is 11.3. The summed E-state index contributed by atoms with van der Waals surface area (Å²) in [5, 5.41) is 0. The monoisotopic (exact) mass is 384 g/mol. The average molecular weight is 385 g/mol. The van der Waals surface area contributed by atoms with Gasteiger partial charge in [-0.2, -0.15) is 0 Å². The number of nitrogens with two attached hydrogens (primary N) is 1. The van der Waals surface area contributed by atoms with Crippen molar-refractivity contribution in [1.82, 2.24) is 14.0 Å². The summed E-state index contributed by atoms with van der Waals surface area (Å²) in [5.41, 5.74) is 6.37. The molecule has 2 heterocycles. The lowest BCUT2D eigenvalue weighted by molar-refractivity contribution is 0.115. The van der Waals surface area contributed by atoms with Crippen LogP contribution in [0.25, 0.3) is 11.0 Å². The molecular weight excluding hydrogens is 352 g/mol. The number of hydrogen-bond acceptors (Lipinski definition) is 4. The van der Waals surface area contributed by atoms with Gasteiger partial charge in [-0.1, -0.05) is 44.2 Å². The second-order valence-electron chi connectivity index (χ2n) is 8.35. The molecule has 2 fully saturated rings. The predicted octanol–water partition coefficient (Wildman–Crippen LogP) is 2.83. The minimum atomic E-state index is -0.511. The number of hydrogen-bond donors (Lipinski definition) is 1.